The topological polar surface area (TPSA) is 28.4 Å². The molecule has 0 aliphatic carbocycles. The molecular formula is C15H26N2O. The lowest BCUT2D eigenvalue weighted by molar-refractivity contribution is 0.212. The first-order chi connectivity index (χ1) is 8.74. The molecule has 0 radical (unpaired) electrons. The molecule has 1 saturated heterocycles. The summed E-state index contributed by atoms with van der Waals surface area (Å²) in [7, 11) is 2.22. The molecule has 18 heavy (non-hydrogen) atoms. The number of likely N-dealkylation sites (tertiary alicyclic amines) is 1. The van der Waals surface area contributed by atoms with Gasteiger partial charge in [-0.05, 0) is 70.9 Å². The molecule has 2 rings (SSSR count). The van der Waals surface area contributed by atoms with Gasteiger partial charge in [0.25, 0.3) is 0 Å². The molecule has 1 fully saturated rings. The monoisotopic (exact) mass is 250 g/mol. The van der Waals surface area contributed by atoms with Crippen LogP contribution in [0, 0.1) is 5.92 Å². The normalized spacial score (nSPS) is 20.1. The Bertz CT molecular complexity index is 315. The Labute approximate surface area is 111 Å². The minimum atomic E-state index is 0.578. The third kappa shape index (κ3) is 4.46. The molecule has 1 unspecified atom stereocenters. The summed E-state index contributed by atoms with van der Waals surface area (Å²) in [6.45, 7) is 5.96. The summed E-state index contributed by atoms with van der Waals surface area (Å²) in [4.78, 5) is 2.43. The fraction of sp³-hybridized carbons (Fsp3) is 0.733. The van der Waals surface area contributed by atoms with Crippen LogP contribution in [-0.2, 0) is 6.42 Å². The fourth-order valence-corrected chi connectivity index (χ4v) is 2.55. The number of hydrogen-bond acceptors (Lipinski definition) is 3. The first kappa shape index (κ1) is 13.6. The lowest BCUT2D eigenvalue weighted by Crippen LogP contribution is -2.37. The third-order valence-corrected chi connectivity index (χ3v) is 4.00. The van der Waals surface area contributed by atoms with Gasteiger partial charge in [-0.25, -0.2) is 0 Å². The number of nitrogens with one attached hydrogen (secondary N) is 1. The standard InChI is InChI=1S/C15H26N2O/c1-13(5-6-15-4-3-11-18-15)16-12-14-7-9-17(2)10-8-14/h3-4,11,13-14,16H,5-10,12H2,1-2H3. The second-order valence-corrected chi connectivity index (χ2v) is 5.67. The van der Waals surface area contributed by atoms with Crippen LogP contribution in [0.1, 0.15) is 31.9 Å². The van der Waals surface area contributed by atoms with E-state index in [-0.39, 0.29) is 0 Å². The fourth-order valence-electron chi connectivity index (χ4n) is 2.55. The molecule has 1 aromatic heterocycles. The van der Waals surface area contributed by atoms with Crippen LogP contribution in [0.3, 0.4) is 0 Å². The summed E-state index contributed by atoms with van der Waals surface area (Å²) in [5, 5.41) is 3.67. The van der Waals surface area contributed by atoms with Gasteiger partial charge in [0.1, 0.15) is 5.76 Å². The van der Waals surface area contributed by atoms with Crippen LogP contribution < -0.4 is 5.32 Å². The number of aryl methyl sites for hydroxylation is 1. The Kier molecular flexibility index (Phi) is 5.26. The Balaban J connectivity index is 1.58. The zero-order chi connectivity index (χ0) is 12.8. The van der Waals surface area contributed by atoms with Gasteiger partial charge in [0, 0.05) is 12.5 Å². The molecular weight excluding hydrogens is 224 g/mol. The van der Waals surface area contributed by atoms with E-state index in [0.717, 1.165) is 24.5 Å². The van der Waals surface area contributed by atoms with E-state index in [9.17, 15) is 0 Å². The summed E-state index contributed by atoms with van der Waals surface area (Å²) in [5.74, 6) is 1.97. The van der Waals surface area contributed by atoms with Crippen molar-refractivity contribution in [3.8, 4) is 0 Å². The third-order valence-electron chi connectivity index (χ3n) is 4.00. The molecule has 0 bridgehead atoms. The van der Waals surface area contributed by atoms with Crippen LogP contribution in [-0.4, -0.2) is 37.6 Å². The zero-order valence-electron chi connectivity index (χ0n) is 11.7. The van der Waals surface area contributed by atoms with Crippen molar-refractivity contribution < 1.29 is 4.42 Å². The molecule has 3 nitrogen and oxygen atoms in total. The van der Waals surface area contributed by atoms with E-state index < -0.39 is 0 Å². The first-order valence-electron chi connectivity index (χ1n) is 7.18. The van der Waals surface area contributed by atoms with Gasteiger partial charge in [-0.1, -0.05) is 0 Å². The highest BCUT2D eigenvalue weighted by Crippen LogP contribution is 2.15. The van der Waals surface area contributed by atoms with Crippen LogP contribution in [0.5, 0.6) is 0 Å². The lowest BCUT2D eigenvalue weighted by Gasteiger charge is -2.29. The van der Waals surface area contributed by atoms with Crippen molar-refractivity contribution in [3.63, 3.8) is 0 Å². The molecule has 1 aliphatic rings. The van der Waals surface area contributed by atoms with Crippen LogP contribution in [0.2, 0.25) is 0 Å². The number of rotatable bonds is 6. The summed E-state index contributed by atoms with van der Waals surface area (Å²) in [5.41, 5.74) is 0. The average molecular weight is 250 g/mol. The number of furan rings is 1. The molecule has 2 heterocycles. The molecule has 102 valence electrons. The molecule has 1 aliphatic heterocycles. The molecule has 3 heteroatoms. The van der Waals surface area contributed by atoms with Gasteiger partial charge in [0.2, 0.25) is 0 Å². The number of nitrogens with zero attached hydrogens (tertiary/aromatic N) is 1. The second-order valence-electron chi connectivity index (χ2n) is 5.67. The molecule has 1 atom stereocenters. The van der Waals surface area contributed by atoms with E-state index in [0.29, 0.717) is 6.04 Å². The summed E-state index contributed by atoms with van der Waals surface area (Å²) < 4.78 is 5.36. The Morgan fingerprint density at radius 1 is 1.44 bits per heavy atom. The SMILES string of the molecule is CC(CCc1ccco1)NCC1CCN(C)CC1. The van der Waals surface area contributed by atoms with E-state index >= 15 is 0 Å². The smallest absolute Gasteiger partial charge is 0.103 e. The van der Waals surface area contributed by atoms with E-state index in [1.165, 1.54) is 32.5 Å². The van der Waals surface area contributed by atoms with Crippen molar-refractivity contribution in [1.82, 2.24) is 10.2 Å². The predicted molar refractivity (Wildman–Crippen MR) is 74.7 cm³/mol. The lowest BCUT2D eigenvalue weighted by atomic mass is 9.96. The highest BCUT2D eigenvalue weighted by atomic mass is 16.3. The Hall–Kier alpha value is -0.800. The summed E-state index contributed by atoms with van der Waals surface area (Å²) in [6, 6.07) is 4.60. The van der Waals surface area contributed by atoms with Crippen LogP contribution in [0.4, 0.5) is 0 Å². The maximum absolute atomic E-state index is 5.36. The van der Waals surface area contributed by atoms with Crippen molar-refractivity contribution >= 4 is 0 Å². The first-order valence-corrected chi connectivity index (χ1v) is 7.18. The van der Waals surface area contributed by atoms with Gasteiger partial charge < -0.3 is 14.6 Å². The summed E-state index contributed by atoms with van der Waals surface area (Å²) >= 11 is 0. The molecule has 0 spiro atoms. The molecule has 0 aromatic carbocycles. The quantitative estimate of drug-likeness (QED) is 0.841. The molecule has 1 N–H and O–H groups in total. The van der Waals surface area contributed by atoms with Gasteiger partial charge in [-0.2, -0.15) is 0 Å². The van der Waals surface area contributed by atoms with Crippen molar-refractivity contribution in [2.24, 2.45) is 5.92 Å². The van der Waals surface area contributed by atoms with E-state index in [1.54, 1.807) is 6.26 Å². The average Bonchev–Trinajstić information content (AvgIpc) is 2.89. The van der Waals surface area contributed by atoms with Gasteiger partial charge >= 0.3 is 0 Å². The predicted octanol–water partition coefficient (Wildman–Crippen LogP) is 2.53. The van der Waals surface area contributed by atoms with Gasteiger partial charge in [-0.3, -0.25) is 0 Å². The second kappa shape index (κ2) is 6.95. The van der Waals surface area contributed by atoms with Crippen LogP contribution >= 0.6 is 0 Å². The van der Waals surface area contributed by atoms with Gasteiger partial charge in [0.05, 0.1) is 6.26 Å². The van der Waals surface area contributed by atoms with Gasteiger partial charge in [-0.15, -0.1) is 0 Å². The molecule has 1 aromatic rings. The van der Waals surface area contributed by atoms with E-state index in [4.69, 9.17) is 4.42 Å². The molecule has 0 amide bonds. The van der Waals surface area contributed by atoms with Crippen molar-refractivity contribution in [3.05, 3.63) is 24.2 Å². The Morgan fingerprint density at radius 2 is 2.22 bits per heavy atom. The van der Waals surface area contributed by atoms with Crippen LogP contribution in [0.15, 0.2) is 22.8 Å². The largest absolute Gasteiger partial charge is 0.469 e. The van der Waals surface area contributed by atoms with Crippen molar-refractivity contribution in [1.29, 1.82) is 0 Å². The van der Waals surface area contributed by atoms with E-state index in [1.807, 2.05) is 6.07 Å². The van der Waals surface area contributed by atoms with E-state index in [2.05, 4.69) is 30.3 Å². The minimum absolute atomic E-state index is 0.578. The summed E-state index contributed by atoms with van der Waals surface area (Å²) in [6.07, 6.45) is 6.63. The minimum Gasteiger partial charge on any atom is -0.469 e. The number of hydrogen-bond donors (Lipinski definition) is 1. The van der Waals surface area contributed by atoms with Gasteiger partial charge in [0.15, 0.2) is 0 Å². The maximum Gasteiger partial charge on any atom is 0.103 e. The number of piperidine rings is 1. The van der Waals surface area contributed by atoms with Crippen LogP contribution in [0.25, 0.3) is 0 Å². The molecule has 0 saturated carbocycles. The van der Waals surface area contributed by atoms with Crippen molar-refractivity contribution in [2.75, 3.05) is 26.7 Å². The van der Waals surface area contributed by atoms with Crippen molar-refractivity contribution in [2.45, 2.75) is 38.6 Å². The highest BCUT2D eigenvalue weighted by Gasteiger charge is 2.16. The zero-order valence-corrected chi connectivity index (χ0v) is 11.7. The highest BCUT2D eigenvalue weighted by molar-refractivity contribution is 4.98. The Morgan fingerprint density at radius 3 is 2.89 bits per heavy atom. The maximum atomic E-state index is 5.36.